The first-order chi connectivity index (χ1) is 31.8. The third-order valence-corrected chi connectivity index (χ3v) is 3.06. The van der Waals surface area contributed by atoms with E-state index in [1.54, 1.807) is 79.4 Å². The smallest absolute Gasteiger partial charge is 0.115 e. The molecule has 8 heteroatoms. The van der Waals surface area contributed by atoms with Crippen molar-refractivity contribution in [2.75, 3.05) is 0 Å². The third-order valence-electron chi connectivity index (χ3n) is 2.43. The Labute approximate surface area is 438 Å². The van der Waals surface area contributed by atoms with E-state index in [1.165, 1.54) is 6.33 Å². The fraction of sp³-hybridized carbons (Fsp3) is 0.656. The van der Waals surface area contributed by atoms with Crippen LogP contribution in [-0.4, -0.2) is 35.1 Å². The van der Waals surface area contributed by atoms with Crippen LogP contribution < -0.4 is 0 Å². The van der Waals surface area contributed by atoms with Crippen LogP contribution in [0.25, 0.3) is 0 Å². The molecule has 5 rings (SSSR count). The quantitative estimate of drug-likeness (QED) is 0.153. The zero-order valence-corrected chi connectivity index (χ0v) is 52.3. The minimum Gasteiger partial charge on any atom is -0.265 e. The molecule has 0 saturated heterocycles. The van der Waals surface area contributed by atoms with Crippen LogP contribution in [0.4, 0.5) is 0 Å². The molecule has 0 aliphatic carbocycles. The van der Waals surface area contributed by atoms with E-state index in [4.69, 9.17) is 0 Å². The van der Waals surface area contributed by atoms with Crippen LogP contribution in [0.1, 0.15) is 208 Å². The number of hydrogen-bond donors (Lipinski definition) is 0. The molecule has 5 heterocycles. The number of rotatable bonds is 0. The van der Waals surface area contributed by atoms with E-state index >= 15 is 0 Å². The zero-order valence-electron chi connectivity index (χ0n) is 51.4. The number of pyridine rings is 1. The maximum absolute atomic E-state index is 3.78. The van der Waals surface area contributed by atoms with Crippen molar-refractivity contribution in [2.24, 2.45) is 59.2 Å². The average Bonchev–Trinajstić information content (AvgIpc) is 3.80. The van der Waals surface area contributed by atoms with E-state index < -0.39 is 0 Å². The van der Waals surface area contributed by atoms with Gasteiger partial charge >= 0.3 is 0 Å². The van der Waals surface area contributed by atoms with Crippen molar-refractivity contribution in [3.05, 3.63) is 128 Å². The van der Waals surface area contributed by atoms with Crippen molar-refractivity contribution in [3.63, 3.8) is 0 Å². The van der Waals surface area contributed by atoms with Gasteiger partial charge in [-0.3, -0.25) is 15.0 Å². The first kappa shape index (κ1) is 88.1. The Morgan fingerprint density at radius 2 is 0.391 bits per heavy atom. The summed E-state index contributed by atoms with van der Waals surface area (Å²) in [6.45, 7) is 65.0. The average molecular weight is 985 g/mol. The van der Waals surface area contributed by atoms with Gasteiger partial charge in [0.05, 0.1) is 0 Å². The Hall–Kier alpha value is -3.91. The molecule has 0 unspecified atom stereocenters. The molecule has 0 amide bonds. The summed E-state index contributed by atoms with van der Waals surface area (Å²) in [6, 6.07) is 15.2. The molecule has 5 aromatic heterocycles. The van der Waals surface area contributed by atoms with Crippen molar-refractivity contribution in [3.8, 4) is 0 Å². The molecule has 0 radical (unpaired) electrons. The van der Waals surface area contributed by atoms with Gasteiger partial charge in [0, 0.05) is 62.0 Å². The van der Waals surface area contributed by atoms with E-state index in [2.05, 4.69) is 243 Å². The first-order valence-electron chi connectivity index (χ1n) is 25.8. The van der Waals surface area contributed by atoms with Crippen molar-refractivity contribution >= 4 is 11.3 Å². The van der Waals surface area contributed by atoms with Gasteiger partial charge in [-0.05, 0) is 100 Å². The van der Waals surface area contributed by atoms with Crippen LogP contribution >= 0.6 is 11.3 Å². The summed E-state index contributed by atoms with van der Waals surface area (Å²) in [5.74, 6) is 8.33. The van der Waals surface area contributed by atoms with Crippen LogP contribution in [0.2, 0.25) is 0 Å². The molecule has 0 aromatic carbocycles. The number of aromatic nitrogens is 7. The Kier molecular flexibility index (Phi) is 107. The second-order valence-corrected chi connectivity index (χ2v) is 22.7. The van der Waals surface area contributed by atoms with Gasteiger partial charge in [-0.15, -0.1) is 0 Å². The summed E-state index contributed by atoms with van der Waals surface area (Å²) in [7, 11) is 0. The summed E-state index contributed by atoms with van der Waals surface area (Å²) >= 11 is 1.71. The molecule has 0 N–H and O–H groups in total. The monoisotopic (exact) mass is 984 g/mol. The lowest BCUT2D eigenvalue weighted by atomic mass is 10.3. The Bertz CT molecular complexity index is 941. The van der Waals surface area contributed by atoms with Gasteiger partial charge in [-0.1, -0.05) is 226 Å². The van der Waals surface area contributed by atoms with Gasteiger partial charge in [-0.25, -0.2) is 9.97 Å². The molecule has 0 fully saturated rings. The fourth-order valence-electron chi connectivity index (χ4n) is 1.30. The molecule has 5 aromatic rings. The molecule has 0 aliphatic heterocycles. The van der Waals surface area contributed by atoms with Crippen LogP contribution in [-0.2, 0) is 0 Å². The number of hydrogen-bond acceptors (Lipinski definition) is 8. The van der Waals surface area contributed by atoms with Crippen molar-refractivity contribution < 1.29 is 0 Å². The molecule has 0 aliphatic rings. The van der Waals surface area contributed by atoms with E-state index in [0.29, 0.717) is 0 Å². The van der Waals surface area contributed by atoms with Gasteiger partial charge < -0.3 is 0 Å². The summed E-state index contributed by atoms with van der Waals surface area (Å²) in [6.07, 6.45) is 18.2. The van der Waals surface area contributed by atoms with Gasteiger partial charge in [-0.2, -0.15) is 21.5 Å². The van der Waals surface area contributed by atoms with Crippen LogP contribution in [0.15, 0.2) is 128 Å². The maximum Gasteiger partial charge on any atom is 0.115 e. The lowest BCUT2D eigenvalue weighted by Crippen LogP contribution is -1.69. The molecule has 406 valence electrons. The third kappa shape index (κ3) is 392. The van der Waals surface area contributed by atoms with Gasteiger partial charge in [0.25, 0.3) is 0 Å². The topological polar surface area (TPSA) is 90.2 Å². The number of thiophene rings is 1. The summed E-state index contributed by atoms with van der Waals surface area (Å²) in [5.41, 5.74) is 0. The summed E-state index contributed by atoms with van der Waals surface area (Å²) in [5, 5.41) is 11.2. The highest BCUT2D eigenvalue weighted by Gasteiger charge is 1.72. The first-order valence-corrected chi connectivity index (χ1v) is 26.7. The molecule has 0 spiro atoms. The van der Waals surface area contributed by atoms with E-state index in [1.807, 2.05) is 53.2 Å². The molecule has 0 bridgehead atoms. The SMILES string of the molecule is CC(C)C.CC(C)C.CC(C)C.CC(C)C.CC(C)C.CC(C)C.CC(C)C.CC(C)C.CC(C)C.CC(C)C.c1ccncc1.c1ccnnc1.c1ccsc1.c1cnccn1.c1cncnc1. The predicted molar refractivity (Wildman–Crippen MR) is 320 cm³/mol. The number of nitrogens with zero attached hydrogens (tertiary/aromatic N) is 7. The van der Waals surface area contributed by atoms with Crippen LogP contribution in [0.3, 0.4) is 0 Å². The standard InChI is InChI=1S/C5H5N.3C4H4N2.C4H4S.10C4H10/c1-2-4-6-5-3-1;1-2-6-4-3-5-1;1-2-5-4-6-3-1;1-2-4-6-5-3-1;1-2-4-5-3-1;10*1-4(2)3/h1-5H;3*1-4H;1-4H;10*4H,1-3H3. The second kappa shape index (κ2) is 84.1. The summed E-state index contributed by atoms with van der Waals surface area (Å²) < 4.78 is 0. The minimum atomic E-state index is 0.833. The van der Waals surface area contributed by atoms with E-state index in [-0.39, 0.29) is 0 Å². The second-order valence-electron chi connectivity index (χ2n) is 21.9. The Morgan fingerprint density at radius 1 is 0.203 bits per heavy atom. The van der Waals surface area contributed by atoms with Crippen LogP contribution in [0, 0.1) is 59.2 Å². The molecular formula is C61H121N7S. The van der Waals surface area contributed by atoms with Gasteiger partial charge in [0.1, 0.15) is 6.33 Å². The Balaban J connectivity index is -0.0000000679. The van der Waals surface area contributed by atoms with Crippen molar-refractivity contribution in [2.45, 2.75) is 208 Å². The highest BCUT2D eigenvalue weighted by Crippen LogP contribution is 1.91. The highest BCUT2D eigenvalue weighted by atomic mass is 32.1. The van der Waals surface area contributed by atoms with E-state index in [0.717, 1.165) is 59.2 Å². The maximum atomic E-state index is 3.78. The summed E-state index contributed by atoms with van der Waals surface area (Å²) in [4.78, 5) is 18.6. The Morgan fingerprint density at radius 3 is 0.464 bits per heavy atom. The fourth-order valence-corrected chi connectivity index (χ4v) is 1.75. The van der Waals surface area contributed by atoms with E-state index in [9.17, 15) is 0 Å². The lowest BCUT2D eigenvalue weighted by Gasteiger charge is -1.79. The molecular weight excluding hydrogens is 863 g/mol. The van der Waals surface area contributed by atoms with Crippen LogP contribution in [0.5, 0.6) is 0 Å². The predicted octanol–water partition coefficient (Wildman–Crippen LogP) is 20.9. The van der Waals surface area contributed by atoms with Gasteiger partial charge in [0.2, 0.25) is 0 Å². The zero-order chi connectivity index (χ0) is 56.3. The molecule has 7 nitrogen and oxygen atoms in total. The lowest BCUT2D eigenvalue weighted by molar-refractivity contribution is 0.736. The largest absolute Gasteiger partial charge is 0.265 e. The van der Waals surface area contributed by atoms with Crippen molar-refractivity contribution in [1.82, 2.24) is 35.1 Å². The van der Waals surface area contributed by atoms with Gasteiger partial charge in [0.15, 0.2) is 0 Å². The molecule has 0 atom stereocenters. The van der Waals surface area contributed by atoms with Crippen molar-refractivity contribution in [1.29, 1.82) is 0 Å². The molecule has 0 saturated carbocycles. The minimum absolute atomic E-state index is 0.833. The highest BCUT2D eigenvalue weighted by molar-refractivity contribution is 7.07. The molecule has 69 heavy (non-hydrogen) atoms. The normalized spacial score (nSPS) is 8.58.